The molecule has 1 aliphatic carbocycles. The van der Waals surface area contributed by atoms with Gasteiger partial charge in [0.2, 0.25) is 5.91 Å². The van der Waals surface area contributed by atoms with Crippen molar-refractivity contribution in [3.8, 4) is 0 Å². The minimum absolute atomic E-state index is 0.0727. The number of rotatable bonds is 10. The second kappa shape index (κ2) is 9.12. The highest BCUT2D eigenvalue weighted by molar-refractivity contribution is 5.87. The molecule has 1 N–H and O–H groups in total. The summed E-state index contributed by atoms with van der Waals surface area (Å²) in [4.78, 5) is 11.5. The lowest BCUT2D eigenvalue weighted by atomic mass is 10.1. The number of carbonyl (C=O) groups is 1. The van der Waals surface area contributed by atoms with Crippen LogP contribution in [0.3, 0.4) is 0 Å². The summed E-state index contributed by atoms with van der Waals surface area (Å²) >= 11 is 0. The van der Waals surface area contributed by atoms with Crippen LogP contribution in [0.25, 0.3) is 0 Å². The molecule has 1 amide bonds. The molecule has 0 heterocycles. The van der Waals surface area contributed by atoms with Gasteiger partial charge in [-0.2, -0.15) is 5.10 Å². The Labute approximate surface area is 111 Å². The van der Waals surface area contributed by atoms with Gasteiger partial charge in [-0.15, -0.1) is 0 Å². The first-order chi connectivity index (χ1) is 8.74. The zero-order valence-corrected chi connectivity index (χ0v) is 12.0. The molecule has 0 aromatic carbocycles. The first-order valence-corrected chi connectivity index (χ1v) is 7.57. The van der Waals surface area contributed by atoms with Crippen molar-refractivity contribution in [1.29, 1.82) is 0 Å². The van der Waals surface area contributed by atoms with Gasteiger partial charge in [0.25, 0.3) is 0 Å². The molecule has 3 nitrogen and oxygen atoms in total. The summed E-state index contributed by atoms with van der Waals surface area (Å²) in [6.45, 7) is 4.24. The SMILES string of the molecule is CCCCCCCCCC(=O)NN=C(C)C1CC1. The Morgan fingerprint density at radius 2 is 1.72 bits per heavy atom. The van der Waals surface area contributed by atoms with Crippen LogP contribution in [0.1, 0.15) is 78.1 Å². The molecule has 0 unspecified atom stereocenters. The Morgan fingerprint density at radius 3 is 2.33 bits per heavy atom. The van der Waals surface area contributed by atoms with Crippen molar-refractivity contribution in [2.45, 2.75) is 78.1 Å². The van der Waals surface area contributed by atoms with Crippen LogP contribution >= 0.6 is 0 Å². The van der Waals surface area contributed by atoms with E-state index in [1.54, 1.807) is 0 Å². The summed E-state index contributed by atoms with van der Waals surface area (Å²) < 4.78 is 0. The van der Waals surface area contributed by atoms with Crippen molar-refractivity contribution < 1.29 is 4.79 Å². The summed E-state index contributed by atoms with van der Waals surface area (Å²) in [5, 5.41) is 4.14. The Morgan fingerprint density at radius 1 is 1.11 bits per heavy atom. The van der Waals surface area contributed by atoms with E-state index in [1.807, 2.05) is 6.92 Å². The average molecular weight is 252 g/mol. The van der Waals surface area contributed by atoms with Gasteiger partial charge in [0, 0.05) is 12.1 Å². The fourth-order valence-corrected chi connectivity index (χ4v) is 2.04. The van der Waals surface area contributed by atoms with E-state index in [4.69, 9.17) is 0 Å². The highest BCUT2D eigenvalue weighted by atomic mass is 16.2. The molecule has 0 atom stereocenters. The highest BCUT2D eigenvalue weighted by Crippen LogP contribution is 2.30. The third-order valence-corrected chi connectivity index (χ3v) is 3.53. The Bertz CT molecular complexity index is 270. The second-order valence-corrected chi connectivity index (χ2v) is 5.43. The number of carbonyl (C=O) groups excluding carboxylic acids is 1. The molecule has 0 saturated heterocycles. The molecular weight excluding hydrogens is 224 g/mol. The fourth-order valence-electron chi connectivity index (χ4n) is 2.04. The van der Waals surface area contributed by atoms with E-state index in [0.717, 1.165) is 12.1 Å². The summed E-state index contributed by atoms with van der Waals surface area (Å²) in [6.07, 6.45) is 11.8. The molecule has 0 radical (unpaired) electrons. The van der Waals surface area contributed by atoms with E-state index in [-0.39, 0.29) is 5.91 Å². The first kappa shape index (κ1) is 15.2. The predicted molar refractivity (Wildman–Crippen MR) is 76.6 cm³/mol. The Balaban J connectivity index is 1.91. The maximum Gasteiger partial charge on any atom is 0.240 e. The summed E-state index contributed by atoms with van der Waals surface area (Å²) in [5.74, 6) is 0.715. The average Bonchev–Trinajstić information content (AvgIpc) is 3.19. The Kier molecular flexibility index (Phi) is 7.70. The van der Waals surface area contributed by atoms with Gasteiger partial charge in [-0.25, -0.2) is 5.43 Å². The molecule has 0 aliphatic heterocycles. The molecule has 104 valence electrons. The molecule has 0 aromatic heterocycles. The van der Waals surface area contributed by atoms with Crippen LogP contribution in [0, 0.1) is 5.92 Å². The summed E-state index contributed by atoms with van der Waals surface area (Å²) in [7, 11) is 0. The van der Waals surface area contributed by atoms with Crippen molar-refractivity contribution in [3.05, 3.63) is 0 Å². The van der Waals surface area contributed by atoms with Crippen molar-refractivity contribution >= 4 is 11.6 Å². The minimum Gasteiger partial charge on any atom is -0.273 e. The number of hydrogen-bond acceptors (Lipinski definition) is 2. The lowest BCUT2D eigenvalue weighted by molar-refractivity contribution is -0.121. The lowest BCUT2D eigenvalue weighted by Crippen LogP contribution is -2.18. The molecule has 0 spiro atoms. The maximum absolute atomic E-state index is 11.5. The monoisotopic (exact) mass is 252 g/mol. The van der Waals surface area contributed by atoms with Gasteiger partial charge in [-0.05, 0) is 32.1 Å². The summed E-state index contributed by atoms with van der Waals surface area (Å²) in [5.41, 5.74) is 3.75. The third-order valence-electron chi connectivity index (χ3n) is 3.53. The van der Waals surface area contributed by atoms with Gasteiger partial charge in [-0.1, -0.05) is 45.4 Å². The normalized spacial score (nSPS) is 15.8. The highest BCUT2D eigenvalue weighted by Gasteiger charge is 2.24. The quantitative estimate of drug-likeness (QED) is 0.356. The standard InChI is InChI=1S/C15H28N2O/c1-3-4-5-6-7-8-9-10-15(18)17-16-13(2)14-11-12-14/h14H,3-12H2,1-2H3,(H,17,18). The zero-order valence-electron chi connectivity index (χ0n) is 12.0. The zero-order chi connectivity index (χ0) is 13.2. The molecule has 1 fully saturated rings. The molecule has 18 heavy (non-hydrogen) atoms. The molecular formula is C15H28N2O. The van der Waals surface area contributed by atoms with Gasteiger partial charge in [0.1, 0.15) is 0 Å². The molecule has 1 saturated carbocycles. The molecule has 0 bridgehead atoms. The van der Waals surface area contributed by atoms with E-state index in [9.17, 15) is 4.79 Å². The topological polar surface area (TPSA) is 41.5 Å². The Hall–Kier alpha value is -0.860. The van der Waals surface area contributed by atoms with Crippen LogP contribution in [0.15, 0.2) is 5.10 Å². The molecule has 0 aromatic rings. The number of nitrogens with zero attached hydrogens (tertiary/aromatic N) is 1. The van der Waals surface area contributed by atoms with Crippen LogP contribution in [-0.2, 0) is 4.79 Å². The first-order valence-electron chi connectivity index (χ1n) is 7.57. The van der Waals surface area contributed by atoms with Crippen molar-refractivity contribution in [3.63, 3.8) is 0 Å². The lowest BCUT2D eigenvalue weighted by Gasteiger charge is -2.02. The number of nitrogens with one attached hydrogen (secondary N) is 1. The minimum atomic E-state index is 0.0727. The largest absolute Gasteiger partial charge is 0.273 e. The third kappa shape index (κ3) is 7.46. The van der Waals surface area contributed by atoms with E-state index in [0.29, 0.717) is 12.3 Å². The number of amides is 1. The van der Waals surface area contributed by atoms with Crippen molar-refractivity contribution in [1.82, 2.24) is 5.43 Å². The van der Waals surface area contributed by atoms with Gasteiger partial charge in [0.15, 0.2) is 0 Å². The van der Waals surface area contributed by atoms with Crippen LogP contribution in [-0.4, -0.2) is 11.6 Å². The predicted octanol–water partition coefficient (Wildman–Crippen LogP) is 4.03. The molecule has 1 rings (SSSR count). The van der Waals surface area contributed by atoms with E-state index >= 15 is 0 Å². The number of unbranched alkanes of at least 4 members (excludes halogenated alkanes) is 6. The van der Waals surface area contributed by atoms with Crippen molar-refractivity contribution in [2.75, 3.05) is 0 Å². The smallest absolute Gasteiger partial charge is 0.240 e. The molecule has 1 aliphatic rings. The molecule has 3 heteroatoms. The number of hydrogen-bond donors (Lipinski definition) is 1. The van der Waals surface area contributed by atoms with Crippen LogP contribution in [0.2, 0.25) is 0 Å². The van der Waals surface area contributed by atoms with Gasteiger partial charge >= 0.3 is 0 Å². The van der Waals surface area contributed by atoms with E-state index in [2.05, 4.69) is 17.5 Å². The van der Waals surface area contributed by atoms with Crippen molar-refractivity contribution in [2.24, 2.45) is 11.0 Å². The maximum atomic E-state index is 11.5. The number of hydrazone groups is 1. The van der Waals surface area contributed by atoms with E-state index in [1.165, 1.54) is 51.4 Å². The van der Waals surface area contributed by atoms with Crippen LogP contribution in [0.5, 0.6) is 0 Å². The van der Waals surface area contributed by atoms with Gasteiger partial charge in [-0.3, -0.25) is 4.79 Å². The van der Waals surface area contributed by atoms with Gasteiger partial charge < -0.3 is 0 Å². The van der Waals surface area contributed by atoms with E-state index < -0.39 is 0 Å². The summed E-state index contributed by atoms with van der Waals surface area (Å²) in [6, 6.07) is 0. The van der Waals surface area contributed by atoms with Gasteiger partial charge in [0.05, 0.1) is 0 Å². The van der Waals surface area contributed by atoms with Crippen LogP contribution < -0.4 is 5.43 Å². The van der Waals surface area contributed by atoms with Crippen LogP contribution in [0.4, 0.5) is 0 Å². The fraction of sp³-hybridized carbons (Fsp3) is 0.867. The second-order valence-electron chi connectivity index (χ2n) is 5.43.